The van der Waals surface area contributed by atoms with Gasteiger partial charge in [-0.15, -0.1) is 0 Å². The molecule has 4 nitrogen and oxygen atoms in total. The second kappa shape index (κ2) is 20.0. The van der Waals surface area contributed by atoms with Crippen LogP contribution in [-0.2, 0) is 14.4 Å². The summed E-state index contributed by atoms with van der Waals surface area (Å²) in [5, 5.41) is 8.53. The zero-order valence-corrected chi connectivity index (χ0v) is 16.7. The molecule has 0 spiro atoms. The van der Waals surface area contributed by atoms with Crippen molar-refractivity contribution in [2.75, 3.05) is 7.11 Å². The largest absolute Gasteiger partial charge is 0.463 e. The van der Waals surface area contributed by atoms with Gasteiger partial charge in [0.05, 0.1) is 7.11 Å². The van der Waals surface area contributed by atoms with Crippen LogP contribution in [0.25, 0.3) is 0 Å². The van der Waals surface area contributed by atoms with Crippen molar-refractivity contribution in [1.82, 2.24) is 0 Å². The maximum absolute atomic E-state index is 11.1. The van der Waals surface area contributed by atoms with Gasteiger partial charge in [0.25, 0.3) is 0 Å². The van der Waals surface area contributed by atoms with Crippen LogP contribution in [0.4, 0.5) is 0 Å². The second-order valence-corrected chi connectivity index (χ2v) is 5.99. The van der Waals surface area contributed by atoms with Crippen molar-refractivity contribution in [3.05, 3.63) is 72.6 Å². The molecule has 0 rings (SSSR count). The summed E-state index contributed by atoms with van der Waals surface area (Å²) in [5.41, 5.74) is 0. The van der Waals surface area contributed by atoms with Gasteiger partial charge >= 0.3 is 5.97 Å². The molecule has 0 atom stereocenters. The number of carbonyl (C=O) groups excluding carboxylic acids is 1. The first-order valence-electron chi connectivity index (χ1n) is 9.69. The van der Waals surface area contributed by atoms with Crippen LogP contribution >= 0.6 is 0 Å². The molecule has 0 heterocycles. The molecule has 0 amide bonds. The molecule has 0 aromatic heterocycles. The van der Waals surface area contributed by atoms with E-state index in [1.54, 1.807) is 18.2 Å². The van der Waals surface area contributed by atoms with Gasteiger partial charge in [-0.25, -0.2) is 10.1 Å². The number of ether oxygens (including phenoxy) is 1. The number of hydrogen-bond donors (Lipinski definition) is 1. The molecular formula is C23H34O4. The van der Waals surface area contributed by atoms with E-state index in [0.29, 0.717) is 0 Å². The van der Waals surface area contributed by atoms with Crippen molar-refractivity contribution in [2.24, 2.45) is 0 Å². The van der Waals surface area contributed by atoms with E-state index >= 15 is 0 Å². The Morgan fingerprint density at radius 2 is 1.30 bits per heavy atom. The van der Waals surface area contributed by atoms with Gasteiger partial charge in [0.15, 0.2) is 0 Å². The molecule has 27 heavy (non-hydrogen) atoms. The van der Waals surface area contributed by atoms with Gasteiger partial charge in [-0.3, -0.25) is 0 Å². The minimum absolute atomic E-state index is 0.274. The maximum Gasteiger partial charge on any atom is 0.377 e. The molecule has 0 radical (unpaired) electrons. The van der Waals surface area contributed by atoms with E-state index in [2.05, 4.69) is 28.7 Å². The lowest BCUT2D eigenvalue weighted by Gasteiger charge is -1.98. The second-order valence-electron chi connectivity index (χ2n) is 5.99. The van der Waals surface area contributed by atoms with E-state index in [-0.39, 0.29) is 5.76 Å². The molecular weight excluding hydrogens is 340 g/mol. The molecule has 4 heteroatoms. The molecule has 0 unspecified atom stereocenters. The number of carbonyl (C=O) groups is 1. The highest BCUT2D eigenvalue weighted by Gasteiger charge is 2.09. The Hall–Kier alpha value is -2.33. The summed E-state index contributed by atoms with van der Waals surface area (Å²) in [5.74, 6) is -1.01. The monoisotopic (exact) mass is 374 g/mol. The summed E-state index contributed by atoms with van der Waals surface area (Å²) >= 11 is 0. The van der Waals surface area contributed by atoms with Crippen molar-refractivity contribution in [1.29, 1.82) is 0 Å². The van der Waals surface area contributed by atoms with Crippen LogP contribution in [0, 0.1) is 0 Å². The Kier molecular flexibility index (Phi) is 18.3. The van der Waals surface area contributed by atoms with E-state index in [1.807, 2.05) is 30.4 Å². The normalized spacial score (nSPS) is 13.1. The van der Waals surface area contributed by atoms with E-state index in [4.69, 9.17) is 5.26 Å². The molecule has 0 saturated carbocycles. The summed E-state index contributed by atoms with van der Waals surface area (Å²) in [6.07, 6.45) is 30.9. The average molecular weight is 375 g/mol. The molecule has 0 aromatic rings. The zero-order valence-electron chi connectivity index (χ0n) is 16.7. The van der Waals surface area contributed by atoms with Crippen LogP contribution in [0.2, 0.25) is 0 Å². The third kappa shape index (κ3) is 16.9. The molecule has 0 aromatic carbocycles. The first-order valence-corrected chi connectivity index (χ1v) is 9.69. The number of hydrogen-bond acceptors (Lipinski definition) is 4. The fourth-order valence-corrected chi connectivity index (χ4v) is 2.22. The molecule has 0 bridgehead atoms. The van der Waals surface area contributed by atoms with Crippen molar-refractivity contribution >= 4 is 5.97 Å². The van der Waals surface area contributed by atoms with Crippen LogP contribution in [-0.4, -0.2) is 18.3 Å². The van der Waals surface area contributed by atoms with Crippen molar-refractivity contribution in [2.45, 2.75) is 58.3 Å². The Bertz CT molecular complexity index is 537. The molecule has 0 aliphatic rings. The lowest BCUT2D eigenvalue weighted by Crippen LogP contribution is -2.06. The predicted molar refractivity (Wildman–Crippen MR) is 112 cm³/mol. The SMILES string of the molecule is CCCCCCCCCC=CC=CC=CC=CC=CC=C(OO)C(=O)OC. The van der Waals surface area contributed by atoms with Gasteiger partial charge in [-0.2, -0.15) is 0 Å². The highest BCUT2D eigenvalue weighted by atomic mass is 17.1. The van der Waals surface area contributed by atoms with E-state index < -0.39 is 5.97 Å². The van der Waals surface area contributed by atoms with E-state index in [9.17, 15) is 4.79 Å². The Morgan fingerprint density at radius 1 is 0.778 bits per heavy atom. The number of unbranched alkanes of at least 4 members (excludes halogenated alkanes) is 7. The average Bonchev–Trinajstić information content (AvgIpc) is 2.69. The van der Waals surface area contributed by atoms with Crippen LogP contribution < -0.4 is 0 Å². The Balaban J connectivity index is 3.83. The summed E-state index contributed by atoms with van der Waals surface area (Å²) < 4.78 is 4.42. The highest BCUT2D eigenvalue weighted by Crippen LogP contribution is 2.08. The Labute approximate surface area is 164 Å². The van der Waals surface area contributed by atoms with Crippen molar-refractivity contribution in [3.8, 4) is 0 Å². The first-order chi connectivity index (χ1) is 13.3. The minimum atomic E-state index is -0.740. The summed E-state index contributed by atoms with van der Waals surface area (Å²) in [6, 6.07) is 0. The smallest absolute Gasteiger partial charge is 0.377 e. The van der Waals surface area contributed by atoms with Crippen LogP contribution in [0.5, 0.6) is 0 Å². The van der Waals surface area contributed by atoms with Gasteiger partial charge in [0.1, 0.15) is 0 Å². The fourth-order valence-electron chi connectivity index (χ4n) is 2.22. The van der Waals surface area contributed by atoms with Gasteiger partial charge in [-0.1, -0.05) is 106 Å². The topological polar surface area (TPSA) is 55.8 Å². The molecule has 0 fully saturated rings. The number of methoxy groups -OCH3 is 1. The van der Waals surface area contributed by atoms with Gasteiger partial charge in [0, 0.05) is 0 Å². The lowest BCUT2D eigenvalue weighted by molar-refractivity contribution is -0.211. The van der Waals surface area contributed by atoms with Crippen molar-refractivity contribution < 1.29 is 19.7 Å². The van der Waals surface area contributed by atoms with Crippen LogP contribution in [0.15, 0.2) is 72.6 Å². The number of rotatable bonds is 15. The van der Waals surface area contributed by atoms with E-state index in [1.165, 1.54) is 58.1 Å². The number of allylic oxidation sites excluding steroid dienone is 11. The fraction of sp³-hybridized carbons (Fsp3) is 0.435. The van der Waals surface area contributed by atoms with Crippen molar-refractivity contribution in [3.63, 3.8) is 0 Å². The minimum Gasteiger partial charge on any atom is -0.463 e. The zero-order chi connectivity index (χ0) is 20.0. The third-order valence-electron chi connectivity index (χ3n) is 3.73. The predicted octanol–water partition coefficient (Wildman–Crippen LogP) is 6.45. The Morgan fingerprint density at radius 3 is 1.85 bits per heavy atom. The van der Waals surface area contributed by atoms with Crippen LogP contribution in [0.3, 0.4) is 0 Å². The number of esters is 1. The van der Waals surface area contributed by atoms with Gasteiger partial charge < -0.3 is 9.62 Å². The highest BCUT2D eigenvalue weighted by molar-refractivity contribution is 5.86. The molecule has 150 valence electrons. The maximum atomic E-state index is 11.1. The first kappa shape index (κ1) is 24.7. The molecule has 0 aliphatic carbocycles. The standard InChI is InChI=1S/C23H34O4/c1-3-4-5-6-7-8-9-10-11-12-13-14-15-16-17-18-19-20-21-22(27-25)23(24)26-2/h11-21,25H,3-10H2,1-2H3. The lowest BCUT2D eigenvalue weighted by atomic mass is 10.1. The summed E-state index contributed by atoms with van der Waals surface area (Å²) in [7, 11) is 1.21. The molecule has 1 N–H and O–H groups in total. The molecule has 0 aliphatic heterocycles. The van der Waals surface area contributed by atoms with Crippen LogP contribution in [0.1, 0.15) is 58.3 Å². The quantitative estimate of drug-likeness (QED) is 0.0680. The van der Waals surface area contributed by atoms with Gasteiger partial charge in [0.2, 0.25) is 5.76 Å². The van der Waals surface area contributed by atoms with Gasteiger partial charge in [-0.05, 0) is 18.9 Å². The molecule has 0 saturated heterocycles. The summed E-state index contributed by atoms with van der Waals surface area (Å²) in [4.78, 5) is 15.0. The van der Waals surface area contributed by atoms with E-state index in [0.717, 1.165) is 6.42 Å². The third-order valence-corrected chi connectivity index (χ3v) is 3.73. The summed E-state index contributed by atoms with van der Waals surface area (Å²) in [6.45, 7) is 2.25.